The van der Waals surface area contributed by atoms with Gasteiger partial charge in [-0.3, -0.25) is 14.4 Å². The predicted molar refractivity (Wildman–Crippen MR) is 114 cm³/mol. The lowest BCUT2D eigenvalue weighted by atomic mass is 10.2. The number of nitrogens with zero attached hydrogens (tertiary/aromatic N) is 2. The molecule has 1 aliphatic carbocycles. The summed E-state index contributed by atoms with van der Waals surface area (Å²) in [5, 5.41) is 2.25. The van der Waals surface area contributed by atoms with E-state index in [4.69, 9.17) is 0 Å². The minimum Gasteiger partial charge on any atom is -0.352 e. The van der Waals surface area contributed by atoms with Gasteiger partial charge in [0.25, 0.3) is 5.91 Å². The van der Waals surface area contributed by atoms with Crippen molar-refractivity contribution in [3.8, 4) is 0 Å². The van der Waals surface area contributed by atoms with E-state index >= 15 is 0 Å². The summed E-state index contributed by atoms with van der Waals surface area (Å²) >= 11 is 1.32. The highest BCUT2D eigenvalue weighted by Gasteiger charge is 2.41. The second-order valence-electron chi connectivity index (χ2n) is 8.18. The van der Waals surface area contributed by atoms with Gasteiger partial charge in [-0.25, -0.2) is 0 Å². The highest BCUT2D eigenvalue weighted by molar-refractivity contribution is 8.01. The topological polar surface area (TPSA) is 69.7 Å². The number of nitrogens with one attached hydrogen (secondary N) is 1. The monoisotopic (exact) mass is 415 g/mol. The standard InChI is InChI=1S/C22H29N3O3S/c26-19(23-16-9-3-4-10-16)15-25-17-11-5-6-12-18(17)29-20(22(25)28)21(27)24-13-7-1-2-8-14-24/h5-6,11-12,16,20H,1-4,7-10,13-15H2,(H,23,26)/t20-/m1/s1. The molecule has 1 N–H and O–H groups in total. The molecule has 2 fully saturated rings. The zero-order valence-electron chi connectivity index (χ0n) is 16.8. The van der Waals surface area contributed by atoms with E-state index in [1.54, 1.807) is 0 Å². The Bertz CT molecular complexity index is 770. The predicted octanol–water partition coefficient (Wildman–Crippen LogP) is 2.96. The second-order valence-corrected chi connectivity index (χ2v) is 9.33. The molecule has 1 aromatic rings. The Morgan fingerprint density at radius 2 is 1.69 bits per heavy atom. The SMILES string of the molecule is O=C(CN1C(=O)[C@@H](C(=O)N2CCCCCC2)Sc2ccccc21)NC1CCCC1. The van der Waals surface area contributed by atoms with E-state index in [-0.39, 0.29) is 30.3 Å². The van der Waals surface area contributed by atoms with Gasteiger partial charge in [0.05, 0.1) is 5.69 Å². The van der Waals surface area contributed by atoms with Crippen LogP contribution in [0.25, 0.3) is 0 Å². The molecule has 6 nitrogen and oxygen atoms in total. The highest BCUT2D eigenvalue weighted by atomic mass is 32.2. The van der Waals surface area contributed by atoms with Gasteiger partial charge in [-0.2, -0.15) is 0 Å². The summed E-state index contributed by atoms with van der Waals surface area (Å²) in [6.45, 7) is 1.40. The van der Waals surface area contributed by atoms with Crippen LogP contribution in [0.1, 0.15) is 51.4 Å². The maximum Gasteiger partial charge on any atom is 0.250 e. The van der Waals surface area contributed by atoms with E-state index in [0.29, 0.717) is 13.1 Å². The van der Waals surface area contributed by atoms with Crippen molar-refractivity contribution in [2.45, 2.75) is 67.6 Å². The van der Waals surface area contributed by atoms with Crippen molar-refractivity contribution < 1.29 is 14.4 Å². The summed E-state index contributed by atoms with van der Waals surface area (Å²) in [6.07, 6.45) is 8.52. The van der Waals surface area contributed by atoms with Crippen LogP contribution in [0.15, 0.2) is 29.2 Å². The van der Waals surface area contributed by atoms with Gasteiger partial charge < -0.3 is 15.1 Å². The van der Waals surface area contributed by atoms with E-state index in [0.717, 1.165) is 61.9 Å². The highest BCUT2D eigenvalue weighted by Crippen LogP contribution is 2.39. The first-order valence-electron chi connectivity index (χ1n) is 10.8. The minimum atomic E-state index is -0.803. The molecular weight excluding hydrogens is 386 g/mol. The number of hydrogen-bond acceptors (Lipinski definition) is 4. The van der Waals surface area contributed by atoms with Gasteiger partial charge in [-0.05, 0) is 37.8 Å². The fourth-order valence-electron chi connectivity index (χ4n) is 4.48. The van der Waals surface area contributed by atoms with Gasteiger partial charge >= 0.3 is 0 Å². The number of hydrogen-bond donors (Lipinski definition) is 1. The third kappa shape index (κ3) is 4.60. The molecule has 0 bridgehead atoms. The molecular formula is C22H29N3O3S. The van der Waals surface area contributed by atoms with Gasteiger partial charge in [-0.15, -0.1) is 11.8 Å². The van der Waals surface area contributed by atoms with Crippen LogP contribution in [0, 0.1) is 0 Å². The van der Waals surface area contributed by atoms with Crippen LogP contribution in [0.3, 0.4) is 0 Å². The van der Waals surface area contributed by atoms with Crippen molar-refractivity contribution in [3.05, 3.63) is 24.3 Å². The first kappa shape index (κ1) is 20.3. The smallest absolute Gasteiger partial charge is 0.250 e. The van der Waals surface area contributed by atoms with Crippen LogP contribution in [-0.2, 0) is 14.4 Å². The molecule has 0 aromatic heterocycles. The Kier molecular flexibility index (Phi) is 6.43. The molecule has 29 heavy (non-hydrogen) atoms. The maximum atomic E-state index is 13.3. The van der Waals surface area contributed by atoms with Gasteiger partial charge in [-0.1, -0.05) is 37.8 Å². The van der Waals surface area contributed by atoms with Crippen molar-refractivity contribution in [3.63, 3.8) is 0 Å². The average molecular weight is 416 g/mol. The van der Waals surface area contributed by atoms with Crippen molar-refractivity contribution in [1.29, 1.82) is 0 Å². The molecule has 0 unspecified atom stereocenters. The number of carbonyl (C=O) groups is 3. The number of rotatable bonds is 4. The van der Waals surface area contributed by atoms with E-state index in [1.165, 1.54) is 16.7 Å². The third-order valence-electron chi connectivity index (χ3n) is 6.06. The molecule has 0 spiro atoms. The summed E-state index contributed by atoms with van der Waals surface area (Å²) in [5.74, 6) is -0.532. The van der Waals surface area contributed by atoms with E-state index in [9.17, 15) is 14.4 Å². The largest absolute Gasteiger partial charge is 0.352 e. The normalized spacial score (nSPS) is 22.9. The van der Waals surface area contributed by atoms with Gasteiger partial charge in [0.15, 0.2) is 5.25 Å². The van der Waals surface area contributed by atoms with Crippen molar-refractivity contribution >= 4 is 35.2 Å². The molecule has 0 radical (unpaired) electrons. The third-order valence-corrected chi connectivity index (χ3v) is 7.29. The summed E-state index contributed by atoms with van der Waals surface area (Å²) in [5.41, 5.74) is 0.726. The van der Waals surface area contributed by atoms with Gasteiger partial charge in [0.1, 0.15) is 6.54 Å². The fourth-order valence-corrected chi connectivity index (χ4v) is 5.67. The Hall–Kier alpha value is -2.02. The molecule has 1 atom stereocenters. The molecule has 4 rings (SSSR count). The van der Waals surface area contributed by atoms with Crippen LogP contribution in [0.5, 0.6) is 0 Å². The van der Waals surface area contributed by atoms with E-state index < -0.39 is 5.25 Å². The molecule has 2 aliphatic heterocycles. The molecule has 3 aliphatic rings. The molecule has 3 amide bonds. The summed E-state index contributed by atoms with van der Waals surface area (Å²) in [4.78, 5) is 43.4. The van der Waals surface area contributed by atoms with Crippen molar-refractivity contribution in [2.24, 2.45) is 0 Å². The number of benzene rings is 1. The number of anilines is 1. The number of amides is 3. The first-order valence-corrected chi connectivity index (χ1v) is 11.7. The number of likely N-dealkylation sites (tertiary alicyclic amines) is 1. The molecule has 1 saturated carbocycles. The molecule has 156 valence electrons. The van der Waals surface area contributed by atoms with Crippen molar-refractivity contribution in [2.75, 3.05) is 24.5 Å². The lowest BCUT2D eigenvalue weighted by Crippen LogP contribution is -2.52. The minimum absolute atomic E-state index is 0.0311. The van der Waals surface area contributed by atoms with E-state index in [2.05, 4.69) is 5.32 Å². The van der Waals surface area contributed by atoms with Gasteiger partial charge in [0.2, 0.25) is 11.8 Å². The number of carbonyl (C=O) groups excluding carboxylic acids is 3. The summed E-state index contributed by atoms with van der Waals surface area (Å²) in [6, 6.07) is 7.77. The summed E-state index contributed by atoms with van der Waals surface area (Å²) in [7, 11) is 0. The van der Waals surface area contributed by atoms with Crippen molar-refractivity contribution in [1.82, 2.24) is 10.2 Å². The van der Waals surface area contributed by atoms with Gasteiger partial charge in [0, 0.05) is 24.0 Å². The van der Waals surface area contributed by atoms with Crippen LogP contribution in [-0.4, -0.2) is 53.5 Å². The first-order chi connectivity index (χ1) is 14.1. The average Bonchev–Trinajstić information content (AvgIpc) is 3.08. The van der Waals surface area contributed by atoms with Crippen LogP contribution >= 0.6 is 11.8 Å². The van der Waals surface area contributed by atoms with Crippen LogP contribution < -0.4 is 10.2 Å². The zero-order valence-corrected chi connectivity index (χ0v) is 17.6. The quantitative estimate of drug-likeness (QED) is 0.768. The fraction of sp³-hybridized carbons (Fsp3) is 0.591. The maximum absolute atomic E-state index is 13.3. The molecule has 1 aromatic carbocycles. The van der Waals surface area contributed by atoms with Crippen LogP contribution in [0.2, 0.25) is 0 Å². The molecule has 2 heterocycles. The number of para-hydroxylation sites is 1. The molecule has 1 saturated heterocycles. The lowest BCUT2D eigenvalue weighted by Gasteiger charge is -2.35. The van der Waals surface area contributed by atoms with E-state index in [1.807, 2.05) is 29.2 Å². The Morgan fingerprint density at radius 3 is 2.41 bits per heavy atom. The Morgan fingerprint density at radius 1 is 1.00 bits per heavy atom. The Balaban J connectivity index is 1.52. The second kappa shape index (κ2) is 9.20. The van der Waals surface area contributed by atoms with Crippen LogP contribution in [0.4, 0.5) is 5.69 Å². The zero-order chi connectivity index (χ0) is 20.2. The summed E-state index contributed by atoms with van der Waals surface area (Å²) < 4.78 is 0. The number of thioether (sulfide) groups is 1. The number of fused-ring (bicyclic) bond motifs is 1. The lowest BCUT2D eigenvalue weighted by molar-refractivity contribution is -0.135. The molecule has 7 heteroatoms. The Labute approximate surface area is 176 Å².